The SMILES string of the molecule is [H-].[Li+].[Ni].[O]=[AlH]. The summed E-state index contributed by atoms with van der Waals surface area (Å²) < 4.78 is 8.28. The van der Waals surface area contributed by atoms with Crippen molar-refractivity contribution in [3.63, 3.8) is 0 Å². The van der Waals surface area contributed by atoms with Crippen LogP contribution in [0.4, 0.5) is 0 Å². The fourth-order valence-electron chi connectivity index (χ4n) is 0. The molecule has 0 aromatic rings. The molecule has 0 fully saturated rings. The Morgan fingerprint density at radius 1 is 1.50 bits per heavy atom. The van der Waals surface area contributed by atoms with Gasteiger partial charge in [-0.1, -0.05) is 0 Å². The van der Waals surface area contributed by atoms with Gasteiger partial charge in [-0.3, -0.25) is 0 Å². The van der Waals surface area contributed by atoms with E-state index in [2.05, 4.69) is 0 Å². The molecule has 0 aliphatic heterocycles. The summed E-state index contributed by atoms with van der Waals surface area (Å²) in [5.41, 5.74) is 0. The van der Waals surface area contributed by atoms with Gasteiger partial charge in [0.25, 0.3) is 0 Å². The molecule has 0 N–H and O–H groups in total. The van der Waals surface area contributed by atoms with E-state index in [1.54, 1.807) is 0 Å². The third-order valence-corrected chi connectivity index (χ3v) is 0. The van der Waals surface area contributed by atoms with E-state index in [0.29, 0.717) is 16.2 Å². The molecule has 0 saturated heterocycles. The van der Waals surface area contributed by atoms with Crippen LogP contribution in [0.15, 0.2) is 0 Å². The summed E-state index contributed by atoms with van der Waals surface area (Å²) in [7, 11) is 0. The van der Waals surface area contributed by atoms with Crippen molar-refractivity contribution in [2.75, 3.05) is 0 Å². The Kier molecular flexibility index (Phi) is 116. The van der Waals surface area contributed by atoms with Crippen molar-refractivity contribution in [1.29, 1.82) is 0 Å². The van der Waals surface area contributed by atoms with Crippen LogP contribution in [0.3, 0.4) is 0 Å². The summed E-state index contributed by atoms with van der Waals surface area (Å²) in [6.45, 7) is 0. The topological polar surface area (TPSA) is 17.1 Å². The molecule has 0 saturated carbocycles. The first kappa shape index (κ1) is 18.1. The monoisotopic (exact) mass is 110 g/mol. The molecular formula is H2AlLiNiO. The Labute approximate surface area is 56.7 Å². The first-order valence-electron chi connectivity index (χ1n) is 0.289. The third kappa shape index (κ3) is 9.92. The summed E-state index contributed by atoms with van der Waals surface area (Å²) in [4.78, 5) is 0. The minimum atomic E-state index is 0. The molecule has 0 heterocycles. The van der Waals surface area contributed by atoms with Crippen molar-refractivity contribution in [2.24, 2.45) is 0 Å². The zero-order valence-electron chi connectivity index (χ0n) is 3.43. The summed E-state index contributed by atoms with van der Waals surface area (Å²) in [5, 5.41) is 0. The fourth-order valence-corrected chi connectivity index (χ4v) is 0. The van der Waals surface area contributed by atoms with E-state index in [0.717, 1.165) is 0 Å². The molecule has 0 amide bonds. The fraction of sp³-hybridized carbons (Fsp3) is 0. The van der Waals surface area contributed by atoms with Crippen molar-refractivity contribution >= 4 is 16.2 Å². The van der Waals surface area contributed by atoms with Crippen LogP contribution in [-0.2, 0) is 20.3 Å². The van der Waals surface area contributed by atoms with Crippen LogP contribution >= 0.6 is 0 Å². The zero-order chi connectivity index (χ0) is 2.00. The molecule has 0 spiro atoms. The van der Waals surface area contributed by atoms with E-state index in [-0.39, 0.29) is 36.8 Å². The van der Waals surface area contributed by atoms with Gasteiger partial charge in [0.05, 0.1) is 0 Å². The predicted molar refractivity (Wildman–Crippen MR) is 8.95 cm³/mol. The van der Waals surface area contributed by atoms with Gasteiger partial charge in [0.2, 0.25) is 0 Å². The van der Waals surface area contributed by atoms with Crippen molar-refractivity contribution in [3.05, 3.63) is 0 Å². The Hall–Kier alpha value is 1.42. The van der Waals surface area contributed by atoms with Crippen molar-refractivity contribution in [3.8, 4) is 0 Å². The van der Waals surface area contributed by atoms with Crippen LogP contribution < -0.4 is 18.9 Å². The minimum absolute atomic E-state index is 0. The van der Waals surface area contributed by atoms with E-state index in [1.165, 1.54) is 0 Å². The summed E-state index contributed by atoms with van der Waals surface area (Å²) >= 11 is 0.611. The molecule has 0 aromatic heterocycles. The van der Waals surface area contributed by atoms with Crippen molar-refractivity contribution < 1.29 is 40.6 Å². The van der Waals surface area contributed by atoms with E-state index in [9.17, 15) is 0 Å². The second-order valence-electron chi connectivity index (χ2n) is 0. The van der Waals surface area contributed by atoms with Gasteiger partial charge in [-0.05, 0) is 0 Å². The molecule has 4 heteroatoms. The molecule has 0 aliphatic carbocycles. The second-order valence-corrected chi connectivity index (χ2v) is 0. The maximum atomic E-state index is 8.28. The Morgan fingerprint density at radius 3 is 1.50 bits per heavy atom. The van der Waals surface area contributed by atoms with Crippen LogP contribution in [0.1, 0.15) is 1.43 Å². The van der Waals surface area contributed by atoms with Crippen LogP contribution in [0.25, 0.3) is 0 Å². The Bertz CT molecular complexity index is 11.6. The number of hydrogen-bond donors (Lipinski definition) is 0. The van der Waals surface area contributed by atoms with Crippen LogP contribution in [0, 0.1) is 0 Å². The van der Waals surface area contributed by atoms with Crippen LogP contribution in [0.2, 0.25) is 0 Å². The zero-order valence-corrected chi connectivity index (χ0v) is 4.83. The summed E-state index contributed by atoms with van der Waals surface area (Å²) in [6.07, 6.45) is 0. The molecular weight excluding hydrogens is 109 g/mol. The molecule has 22 valence electrons. The molecule has 4 heavy (non-hydrogen) atoms. The van der Waals surface area contributed by atoms with Gasteiger partial charge in [0, 0.05) is 16.5 Å². The molecule has 0 rings (SSSR count). The van der Waals surface area contributed by atoms with Gasteiger partial charge in [-0.15, -0.1) is 0 Å². The molecule has 0 aliphatic rings. The first-order valence-corrected chi connectivity index (χ1v) is 0.866. The molecule has 1 nitrogen and oxygen atoms in total. The second kappa shape index (κ2) is 25.6. The Balaban J connectivity index is -0.00000000167. The van der Waals surface area contributed by atoms with Gasteiger partial charge < -0.3 is 1.43 Å². The van der Waals surface area contributed by atoms with Crippen molar-refractivity contribution in [1.82, 2.24) is 0 Å². The summed E-state index contributed by atoms with van der Waals surface area (Å²) in [6, 6.07) is 0. The standard InChI is InChI=1S/Al.Li.Ni.O.2H/q;+1;;;;-1. The third-order valence-electron chi connectivity index (χ3n) is 0. The van der Waals surface area contributed by atoms with Gasteiger partial charge >= 0.3 is 38.9 Å². The number of rotatable bonds is 0. The van der Waals surface area contributed by atoms with Gasteiger partial charge in [-0.2, -0.15) is 0 Å². The van der Waals surface area contributed by atoms with E-state index in [1.807, 2.05) is 0 Å². The average Bonchev–Trinajstić information content (AvgIpc) is 1.00. The average molecular weight is 111 g/mol. The molecule has 0 radical (unpaired) electrons. The van der Waals surface area contributed by atoms with E-state index >= 15 is 0 Å². The van der Waals surface area contributed by atoms with Gasteiger partial charge in [-0.25, -0.2) is 0 Å². The van der Waals surface area contributed by atoms with Crippen LogP contribution in [-0.4, -0.2) is 16.2 Å². The van der Waals surface area contributed by atoms with Crippen molar-refractivity contribution in [2.45, 2.75) is 0 Å². The number of hydrogen-bond acceptors (Lipinski definition) is 1. The van der Waals surface area contributed by atoms with E-state index < -0.39 is 0 Å². The van der Waals surface area contributed by atoms with Gasteiger partial charge in [0.15, 0.2) is 0 Å². The van der Waals surface area contributed by atoms with E-state index in [4.69, 9.17) is 3.80 Å². The van der Waals surface area contributed by atoms with Crippen LogP contribution in [0.5, 0.6) is 0 Å². The normalized spacial score (nSPS) is 0.750. The summed E-state index contributed by atoms with van der Waals surface area (Å²) in [5.74, 6) is 0. The maximum absolute atomic E-state index is 8.28. The molecule has 0 aromatic carbocycles. The Morgan fingerprint density at radius 2 is 1.50 bits per heavy atom. The molecule has 0 unspecified atom stereocenters. The van der Waals surface area contributed by atoms with Gasteiger partial charge in [0.1, 0.15) is 0 Å². The predicted octanol–water partition coefficient (Wildman–Crippen LogP) is -3.65. The first-order chi connectivity index (χ1) is 1.00. The molecule has 0 bridgehead atoms. The molecule has 0 atom stereocenters. The quantitative estimate of drug-likeness (QED) is 0.294.